The van der Waals surface area contributed by atoms with Gasteiger partial charge in [0.05, 0.1) is 10.6 Å². The second kappa shape index (κ2) is 7.75. The van der Waals surface area contributed by atoms with Gasteiger partial charge in [0.25, 0.3) is 0 Å². The van der Waals surface area contributed by atoms with Gasteiger partial charge >= 0.3 is 0 Å². The zero-order valence-electron chi connectivity index (χ0n) is 14.0. The van der Waals surface area contributed by atoms with Crippen LogP contribution in [0, 0.1) is 13.8 Å². The quantitative estimate of drug-likeness (QED) is 0.847. The molecule has 124 valence electrons. The summed E-state index contributed by atoms with van der Waals surface area (Å²) in [5.74, 6) is 0.115. The third-order valence-corrected chi connectivity index (χ3v) is 6.01. The van der Waals surface area contributed by atoms with E-state index in [9.17, 15) is 8.42 Å². The molecule has 0 bridgehead atoms. The predicted octanol–water partition coefficient (Wildman–Crippen LogP) is 3.30. The molecule has 0 unspecified atom stereocenters. The first-order valence-corrected chi connectivity index (χ1v) is 9.61. The van der Waals surface area contributed by atoms with Gasteiger partial charge in [-0.3, -0.25) is 0 Å². The predicted molar refractivity (Wildman–Crippen MR) is 95.6 cm³/mol. The summed E-state index contributed by atoms with van der Waals surface area (Å²) in [7, 11) is -3.23. The van der Waals surface area contributed by atoms with E-state index >= 15 is 0 Å². The van der Waals surface area contributed by atoms with Gasteiger partial charge in [0.1, 0.15) is 0 Å². The van der Waals surface area contributed by atoms with Gasteiger partial charge in [0.2, 0.25) is 0 Å². The molecule has 4 heteroatoms. The summed E-state index contributed by atoms with van der Waals surface area (Å²) in [6, 6.07) is 14.9. The molecule has 2 aromatic rings. The summed E-state index contributed by atoms with van der Waals surface area (Å²) in [6.45, 7) is 6.93. The molecule has 0 spiro atoms. The third-order valence-electron chi connectivity index (χ3n) is 4.08. The van der Waals surface area contributed by atoms with E-state index in [4.69, 9.17) is 0 Å². The second-order valence-corrected chi connectivity index (χ2v) is 8.10. The van der Waals surface area contributed by atoms with Gasteiger partial charge in [-0.1, -0.05) is 36.4 Å². The minimum absolute atomic E-state index is 0.0791. The minimum atomic E-state index is -3.23. The van der Waals surface area contributed by atoms with E-state index in [0.717, 1.165) is 13.0 Å². The first-order chi connectivity index (χ1) is 10.9. The Morgan fingerprint density at radius 2 is 1.57 bits per heavy atom. The van der Waals surface area contributed by atoms with Gasteiger partial charge in [0.15, 0.2) is 9.84 Å². The Morgan fingerprint density at radius 1 is 0.957 bits per heavy atom. The average molecular weight is 331 g/mol. The number of aryl methyl sites for hydroxylation is 2. The molecular weight excluding hydrogens is 306 g/mol. The second-order valence-electron chi connectivity index (χ2n) is 6.07. The summed E-state index contributed by atoms with van der Waals surface area (Å²) >= 11 is 0. The van der Waals surface area contributed by atoms with Gasteiger partial charge < -0.3 is 5.32 Å². The molecule has 2 aromatic carbocycles. The number of sulfone groups is 1. The van der Waals surface area contributed by atoms with Crippen molar-refractivity contribution in [2.24, 2.45) is 0 Å². The lowest BCUT2D eigenvalue weighted by molar-refractivity contribution is 0.557. The van der Waals surface area contributed by atoms with E-state index in [2.05, 4.69) is 37.4 Å². The third kappa shape index (κ3) is 4.91. The van der Waals surface area contributed by atoms with Crippen LogP contribution in [0.4, 0.5) is 0 Å². The summed E-state index contributed by atoms with van der Waals surface area (Å²) in [6.07, 6.45) is 0.911. The Labute approximate surface area is 139 Å². The van der Waals surface area contributed by atoms with Crippen molar-refractivity contribution in [2.75, 3.05) is 12.3 Å². The average Bonchev–Trinajstić information content (AvgIpc) is 2.51. The molecule has 0 aliphatic heterocycles. The summed E-state index contributed by atoms with van der Waals surface area (Å²) in [5.41, 5.74) is 3.92. The minimum Gasteiger partial charge on any atom is -0.313 e. The molecule has 1 atom stereocenters. The lowest BCUT2D eigenvalue weighted by Crippen LogP contribution is -2.34. The van der Waals surface area contributed by atoms with Crippen LogP contribution < -0.4 is 5.32 Å². The van der Waals surface area contributed by atoms with E-state index in [0.29, 0.717) is 4.90 Å². The standard InChI is InChI=1S/C19H25NO2S/c1-15-8-7-9-16(2)19(15)12-13-20-17(3)14-23(21,22)18-10-5-4-6-11-18/h4-11,17,20H,12-14H2,1-3H3/t17-/m0/s1. The van der Waals surface area contributed by atoms with Crippen molar-refractivity contribution in [3.63, 3.8) is 0 Å². The Kier molecular flexibility index (Phi) is 5.97. The van der Waals surface area contributed by atoms with Crippen LogP contribution in [0.15, 0.2) is 53.4 Å². The molecule has 0 heterocycles. The van der Waals surface area contributed by atoms with Gasteiger partial charge in [-0.2, -0.15) is 0 Å². The largest absolute Gasteiger partial charge is 0.313 e. The van der Waals surface area contributed by atoms with Crippen LogP contribution in [-0.4, -0.2) is 26.8 Å². The molecule has 23 heavy (non-hydrogen) atoms. The van der Waals surface area contributed by atoms with Crippen molar-refractivity contribution >= 4 is 9.84 Å². The van der Waals surface area contributed by atoms with E-state index < -0.39 is 9.84 Å². The van der Waals surface area contributed by atoms with E-state index in [1.807, 2.05) is 13.0 Å². The van der Waals surface area contributed by atoms with Crippen LogP contribution in [0.1, 0.15) is 23.6 Å². The monoisotopic (exact) mass is 331 g/mol. The fourth-order valence-corrected chi connectivity index (χ4v) is 4.34. The summed E-state index contributed by atoms with van der Waals surface area (Å²) in [5, 5.41) is 3.33. The van der Waals surface area contributed by atoms with Crippen molar-refractivity contribution in [2.45, 2.75) is 38.1 Å². The summed E-state index contributed by atoms with van der Waals surface area (Å²) < 4.78 is 24.7. The Bertz CT molecular complexity index is 719. The van der Waals surface area contributed by atoms with Crippen molar-refractivity contribution in [3.8, 4) is 0 Å². The molecular formula is C19H25NO2S. The smallest absolute Gasteiger partial charge is 0.179 e. The van der Waals surface area contributed by atoms with Gasteiger partial charge in [0, 0.05) is 6.04 Å². The molecule has 0 saturated carbocycles. The van der Waals surface area contributed by atoms with Crippen LogP contribution >= 0.6 is 0 Å². The van der Waals surface area contributed by atoms with E-state index in [-0.39, 0.29) is 11.8 Å². The van der Waals surface area contributed by atoms with E-state index in [1.54, 1.807) is 24.3 Å². The number of benzene rings is 2. The van der Waals surface area contributed by atoms with Crippen molar-refractivity contribution in [1.29, 1.82) is 0 Å². The SMILES string of the molecule is Cc1cccc(C)c1CCN[C@@H](C)CS(=O)(=O)c1ccccc1. The highest BCUT2D eigenvalue weighted by Gasteiger charge is 2.17. The summed E-state index contributed by atoms with van der Waals surface area (Å²) in [4.78, 5) is 0.392. The highest BCUT2D eigenvalue weighted by Crippen LogP contribution is 2.14. The van der Waals surface area contributed by atoms with Gasteiger partial charge in [-0.15, -0.1) is 0 Å². The zero-order chi connectivity index (χ0) is 16.9. The topological polar surface area (TPSA) is 46.2 Å². The fraction of sp³-hybridized carbons (Fsp3) is 0.368. The highest BCUT2D eigenvalue weighted by atomic mass is 32.2. The molecule has 2 rings (SSSR count). The zero-order valence-corrected chi connectivity index (χ0v) is 14.9. The molecule has 1 N–H and O–H groups in total. The fourth-order valence-electron chi connectivity index (χ4n) is 2.80. The number of hydrogen-bond donors (Lipinski definition) is 1. The molecule has 0 fully saturated rings. The van der Waals surface area contributed by atoms with E-state index in [1.165, 1.54) is 16.7 Å². The van der Waals surface area contributed by atoms with Crippen LogP contribution in [-0.2, 0) is 16.3 Å². The lowest BCUT2D eigenvalue weighted by atomic mass is 10.0. The molecule has 0 aliphatic rings. The Morgan fingerprint density at radius 3 is 2.17 bits per heavy atom. The van der Waals surface area contributed by atoms with Crippen LogP contribution in [0.3, 0.4) is 0 Å². The molecule has 3 nitrogen and oxygen atoms in total. The Balaban J connectivity index is 1.90. The highest BCUT2D eigenvalue weighted by molar-refractivity contribution is 7.91. The number of rotatable bonds is 7. The van der Waals surface area contributed by atoms with Crippen molar-refractivity contribution in [1.82, 2.24) is 5.32 Å². The maximum atomic E-state index is 12.3. The molecule has 0 saturated heterocycles. The lowest BCUT2D eigenvalue weighted by Gasteiger charge is -2.16. The van der Waals surface area contributed by atoms with Crippen LogP contribution in [0.25, 0.3) is 0 Å². The number of nitrogens with one attached hydrogen (secondary N) is 1. The molecule has 0 radical (unpaired) electrons. The van der Waals surface area contributed by atoms with Crippen LogP contribution in [0.5, 0.6) is 0 Å². The maximum absolute atomic E-state index is 12.3. The van der Waals surface area contributed by atoms with Crippen molar-refractivity contribution < 1.29 is 8.42 Å². The van der Waals surface area contributed by atoms with Gasteiger partial charge in [-0.25, -0.2) is 8.42 Å². The molecule has 0 aliphatic carbocycles. The number of hydrogen-bond acceptors (Lipinski definition) is 3. The van der Waals surface area contributed by atoms with Gasteiger partial charge in [-0.05, 0) is 62.6 Å². The first-order valence-electron chi connectivity index (χ1n) is 7.96. The molecule has 0 aromatic heterocycles. The normalized spacial score (nSPS) is 13.0. The maximum Gasteiger partial charge on any atom is 0.179 e. The first kappa shape index (κ1) is 17.7. The van der Waals surface area contributed by atoms with Crippen molar-refractivity contribution in [3.05, 3.63) is 65.2 Å². The Hall–Kier alpha value is -1.65. The molecule has 0 amide bonds. The van der Waals surface area contributed by atoms with Crippen LogP contribution in [0.2, 0.25) is 0 Å².